The molecule has 2 aromatic heterocycles. The van der Waals surface area contributed by atoms with Crippen molar-refractivity contribution in [2.24, 2.45) is 0 Å². The molecule has 62 heavy (non-hydrogen) atoms. The van der Waals surface area contributed by atoms with Crippen LogP contribution in [-0.2, 0) is 26.3 Å². The number of rotatable bonds is 9. The van der Waals surface area contributed by atoms with Gasteiger partial charge in [0.05, 0.1) is 49.8 Å². The lowest BCUT2D eigenvalue weighted by Crippen LogP contribution is -2.41. The minimum absolute atomic E-state index is 0.00773. The van der Waals surface area contributed by atoms with Crippen LogP contribution in [0, 0.1) is 13.1 Å². The molecular weight excluding hydrogens is 827 g/mol. The molecule has 2 amide bonds. The van der Waals surface area contributed by atoms with E-state index in [0.717, 1.165) is 22.4 Å². The highest BCUT2D eigenvalue weighted by Gasteiger charge is 2.33. The van der Waals surface area contributed by atoms with Crippen molar-refractivity contribution in [1.82, 2.24) is 29.4 Å². The van der Waals surface area contributed by atoms with E-state index in [1.54, 1.807) is 73.8 Å². The molecule has 6 aromatic rings. The zero-order valence-electron chi connectivity index (χ0n) is 34.5. The first-order chi connectivity index (χ1) is 29.7. The fourth-order valence-corrected chi connectivity index (χ4v) is 8.40. The minimum Gasteiger partial charge on any atom is -0.398 e. The topological polar surface area (TPSA) is 155 Å². The number of fused-ring (bicyclic) bond motifs is 2. The Morgan fingerprint density at radius 3 is 1.53 bits per heavy atom. The quantitative estimate of drug-likeness (QED) is 0.0965. The van der Waals surface area contributed by atoms with Gasteiger partial charge in [-0.1, -0.05) is 71.7 Å². The Hall–Kier alpha value is -6.68. The first-order valence-electron chi connectivity index (χ1n) is 19.7. The summed E-state index contributed by atoms with van der Waals surface area (Å²) in [5.74, 6) is -0.221. The highest BCUT2D eigenvalue weighted by atomic mass is 35.5. The van der Waals surface area contributed by atoms with Crippen molar-refractivity contribution in [1.29, 1.82) is 0 Å². The van der Waals surface area contributed by atoms with Gasteiger partial charge in [-0.3, -0.25) is 19.0 Å². The van der Waals surface area contributed by atoms with Gasteiger partial charge in [0.25, 0.3) is 11.8 Å². The van der Waals surface area contributed by atoms with Crippen LogP contribution in [0.5, 0.6) is 0 Å². The minimum atomic E-state index is -0.238. The lowest BCUT2D eigenvalue weighted by molar-refractivity contribution is 0.0645. The van der Waals surface area contributed by atoms with Crippen molar-refractivity contribution in [2.45, 2.75) is 52.2 Å². The summed E-state index contributed by atoms with van der Waals surface area (Å²) in [6, 6.07) is 24.8. The molecule has 2 aliphatic heterocycles. The molecule has 0 spiro atoms. The Bertz CT molecular complexity index is 2750. The van der Waals surface area contributed by atoms with E-state index in [9.17, 15) is 19.8 Å². The van der Waals surface area contributed by atoms with Crippen molar-refractivity contribution >= 4 is 57.8 Å². The molecule has 0 radical (unpaired) electrons. The SMILES string of the molecule is [C-]#[N+]c1ccc(CN2C[C@H](C)n3nc(-c4c(CO)cc(Cl)cc4N(C)C)cc3C2=O)cc1.[C-]#[N+]c1ccc(CN2C[C@H](C)n3nc(-c4c(N)cc(Cl)cc4CO)cc3C2=O)cc1. The Morgan fingerprint density at radius 1 is 0.694 bits per heavy atom. The second kappa shape index (κ2) is 18.1. The van der Waals surface area contributed by atoms with Gasteiger partial charge >= 0.3 is 0 Å². The van der Waals surface area contributed by atoms with Crippen LogP contribution < -0.4 is 10.6 Å². The maximum atomic E-state index is 13.3. The predicted molar refractivity (Wildman–Crippen MR) is 240 cm³/mol. The van der Waals surface area contributed by atoms with Crippen LogP contribution in [0.15, 0.2) is 84.9 Å². The van der Waals surface area contributed by atoms with Crippen LogP contribution >= 0.6 is 23.2 Å². The number of nitrogens with zero attached hydrogens (tertiary/aromatic N) is 9. The molecule has 16 heteroatoms. The normalized spacial score (nSPS) is 15.6. The summed E-state index contributed by atoms with van der Waals surface area (Å²) in [6.45, 7) is 19.7. The van der Waals surface area contributed by atoms with Gasteiger partial charge in [0.15, 0.2) is 11.4 Å². The molecule has 316 valence electrons. The predicted octanol–water partition coefficient (Wildman–Crippen LogP) is 8.58. The van der Waals surface area contributed by atoms with Crippen LogP contribution in [0.25, 0.3) is 32.2 Å². The van der Waals surface area contributed by atoms with Gasteiger partial charge in [0.1, 0.15) is 11.4 Å². The Balaban J connectivity index is 0.000000187. The summed E-state index contributed by atoms with van der Waals surface area (Å²) in [5, 5.41) is 30.0. The second-order valence-electron chi connectivity index (χ2n) is 15.5. The number of hydrogen-bond acceptors (Lipinski definition) is 8. The molecule has 0 saturated heterocycles. The lowest BCUT2D eigenvalue weighted by Gasteiger charge is -2.31. The Kier molecular flexibility index (Phi) is 12.7. The second-order valence-corrected chi connectivity index (χ2v) is 16.4. The molecule has 14 nitrogen and oxygen atoms in total. The van der Waals surface area contributed by atoms with Crippen LogP contribution in [0.1, 0.15) is 69.2 Å². The number of anilines is 2. The fraction of sp³-hybridized carbons (Fsp3) is 0.261. The highest BCUT2D eigenvalue weighted by molar-refractivity contribution is 6.31. The van der Waals surface area contributed by atoms with Gasteiger partial charge < -0.3 is 30.6 Å². The van der Waals surface area contributed by atoms with Gasteiger partial charge in [0.2, 0.25) is 0 Å². The van der Waals surface area contributed by atoms with Crippen molar-refractivity contribution < 1.29 is 19.8 Å². The van der Waals surface area contributed by atoms with E-state index in [0.29, 0.717) is 92.8 Å². The van der Waals surface area contributed by atoms with E-state index in [1.165, 1.54) is 0 Å². The average molecular weight is 872 g/mol. The zero-order chi connectivity index (χ0) is 44.4. The molecule has 4 N–H and O–H groups in total. The number of aliphatic hydroxyl groups is 2. The summed E-state index contributed by atoms with van der Waals surface area (Å²) in [6.07, 6.45) is 0. The lowest BCUT2D eigenvalue weighted by atomic mass is 10.0. The van der Waals surface area contributed by atoms with Gasteiger partial charge in [-0.2, -0.15) is 10.2 Å². The third-order valence-corrected chi connectivity index (χ3v) is 11.3. The first-order valence-corrected chi connectivity index (χ1v) is 20.5. The van der Waals surface area contributed by atoms with E-state index >= 15 is 0 Å². The van der Waals surface area contributed by atoms with E-state index in [1.807, 2.05) is 63.2 Å². The standard InChI is InChI=1S/C24H24ClN5O2.C22H20ClN5O2/c1-15-12-29(13-16-5-7-19(26-2)8-6-16)24(32)22-11-20(27-30(15)22)23-17(14-31)9-18(25)10-21(23)28(3)4;1-13-10-27(11-14-3-5-17(25-2)6-4-14)22(30)20-9-19(26-28(13)20)21-15(12-29)7-16(23)8-18(21)24/h5-11,15,31H,12-14H2,1,3-4H3;3-9,13,29H,10-12,24H2,1H3/t15-;13-/m00/s1. The monoisotopic (exact) mass is 870 g/mol. The molecule has 0 aliphatic carbocycles. The van der Waals surface area contributed by atoms with E-state index in [2.05, 4.69) is 14.8 Å². The molecule has 0 fully saturated rings. The molecule has 0 unspecified atom stereocenters. The number of benzene rings is 4. The summed E-state index contributed by atoms with van der Waals surface area (Å²) in [7, 11) is 3.81. The van der Waals surface area contributed by atoms with E-state index < -0.39 is 0 Å². The van der Waals surface area contributed by atoms with Crippen molar-refractivity contribution in [3.8, 4) is 22.5 Å². The summed E-state index contributed by atoms with van der Waals surface area (Å²) in [5.41, 5.74) is 15.2. The maximum absolute atomic E-state index is 13.3. The number of nitrogen functional groups attached to an aromatic ring is 1. The third-order valence-electron chi connectivity index (χ3n) is 10.9. The number of aromatic nitrogens is 4. The summed E-state index contributed by atoms with van der Waals surface area (Å²) in [4.78, 5) is 38.7. The van der Waals surface area contributed by atoms with Crippen LogP contribution in [0.4, 0.5) is 22.7 Å². The Morgan fingerprint density at radius 2 is 1.11 bits per heavy atom. The first kappa shape index (κ1) is 43.4. The molecule has 4 aromatic carbocycles. The van der Waals surface area contributed by atoms with Crippen molar-refractivity contribution in [3.05, 3.63) is 151 Å². The van der Waals surface area contributed by atoms with Crippen molar-refractivity contribution in [2.75, 3.05) is 37.8 Å². The van der Waals surface area contributed by atoms with Crippen molar-refractivity contribution in [3.63, 3.8) is 0 Å². The van der Waals surface area contributed by atoms with E-state index in [-0.39, 0.29) is 37.1 Å². The van der Waals surface area contributed by atoms with Gasteiger partial charge in [-0.05, 0) is 72.5 Å². The van der Waals surface area contributed by atoms with Gasteiger partial charge in [-0.25, -0.2) is 9.69 Å². The number of halogens is 2. The van der Waals surface area contributed by atoms with Gasteiger partial charge in [0, 0.05) is 72.8 Å². The highest BCUT2D eigenvalue weighted by Crippen LogP contribution is 2.38. The maximum Gasteiger partial charge on any atom is 0.272 e. The molecule has 0 saturated carbocycles. The average Bonchev–Trinajstić information content (AvgIpc) is 3.92. The summed E-state index contributed by atoms with van der Waals surface area (Å²) >= 11 is 12.3. The fourth-order valence-electron chi connectivity index (χ4n) is 7.92. The number of carbonyl (C=O) groups excluding carboxylic acids is 2. The van der Waals surface area contributed by atoms with E-state index in [4.69, 9.17) is 47.2 Å². The largest absolute Gasteiger partial charge is 0.398 e. The summed E-state index contributed by atoms with van der Waals surface area (Å²) < 4.78 is 3.48. The number of nitrogens with two attached hydrogens (primary N) is 1. The third kappa shape index (κ3) is 8.73. The Labute approximate surface area is 369 Å². The van der Waals surface area contributed by atoms with Gasteiger partial charge in [-0.15, -0.1) is 0 Å². The van der Waals surface area contributed by atoms with Crippen LogP contribution in [0.2, 0.25) is 10.0 Å². The molecule has 4 heterocycles. The number of aliphatic hydroxyl groups excluding tert-OH is 2. The van der Waals surface area contributed by atoms with Crippen LogP contribution in [-0.4, -0.2) is 78.6 Å². The molecule has 2 aliphatic rings. The smallest absolute Gasteiger partial charge is 0.272 e. The number of carbonyl (C=O) groups is 2. The molecular formula is C46H44Cl2N10O4. The number of amides is 2. The molecule has 0 bridgehead atoms. The molecule has 2 atom stereocenters. The number of hydrogen-bond donors (Lipinski definition) is 3. The van der Waals surface area contributed by atoms with Crippen LogP contribution in [0.3, 0.4) is 0 Å². The zero-order valence-corrected chi connectivity index (χ0v) is 36.1. The molecule has 8 rings (SSSR count).